The van der Waals surface area contributed by atoms with Crippen LogP contribution in [0.15, 0.2) is 53.0 Å². The quantitative estimate of drug-likeness (QED) is 0.616. The number of phenols is 1. The predicted octanol–water partition coefficient (Wildman–Crippen LogP) is 2.47. The molecule has 0 spiro atoms. The van der Waals surface area contributed by atoms with Crippen LogP contribution in [0.2, 0.25) is 0 Å². The van der Waals surface area contributed by atoms with Crippen molar-refractivity contribution in [3.63, 3.8) is 0 Å². The second-order valence-corrected chi connectivity index (χ2v) is 6.23. The van der Waals surface area contributed by atoms with Crippen molar-refractivity contribution >= 4 is 27.7 Å². The first-order chi connectivity index (χ1) is 12.0. The van der Waals surface area contributed by atoms with E-state index in [1.54, 1.807) is 37.3 Å². The van der Waals surface area contributed by atoms with Gasteiger partial charge in [0.05, 0.1) is 0 Å². The maximum atomic E-state index is 12.0. The third-order valence-corrected chi connectivity index (χ3v) is 3.81. The lowest BCUT2D eigenvalue weighted by Gasteiger charge is -2.15. The van der Waals surface area contributed by atoms with E-state index in [-0.39, 0.29) is 17.6 Å². The summed E-state index contributed by atoms with van der Waals surface area (Å²) in [6.45, 7) is 2.23. The first-order valence-corrected chi connectivity index (χ1v) is 8.52. The number of ether oxygens (including phenoxy) is 1. The summed E-state index contributed by atoms with van der Waals surface area (Å²) in [5.74, 6) is 0.128. The molecule has 0 heterocycles. The molecule has 7 heteroatoms. The third kappa shape index (κ3) is 6.11. The van der Waals surface area contributed by atoms with Crippen molar-refractivity contribution in [2.75, 3.05) is 13.1 Å². The van der Waals surface area contributed by atoms with Gasteiger partial charge in [-0.1, -0.05) is 22.0 Å². The fourth-order valence-corrected chi connectivity index (χ4v) is 2.42. The van der Waals surface area contributed by atoms with Gasteiger partial charge in [0.2, 0.25) is 0 Å². The van der Waals surface area contributed by atoms with Crippen molar-refractivity contribution < 1.29 is 19.4 Å². The van der Waals surface area contributed by atoms with E-state index < -0.39 is 6.10 Å². The molecule has 0 fully saturated rings. The van der Waals surface area contributed by atoms with E-state index in [1.807, 2.05) is 6.07 Å². The van der Waals surface area contributed by atoms with Gasteiger partial charge in [0.15, 0.2) is 6.10 Å². The summed E-state index contributed by atoms with van der Waals surface area (Å²) < 4.78 is 6.30. The minimum absolute atomic E-state index is 0.130. The number of benzene rings is 2. The molecular weight excluding hydrogens is 388 g/mol. The van der Waals surface area contributed by atoms with E-state index in [4.69, 9.17) is 4.74 Å². The summed E-state index contributed by atoms with van der Waals surface area (Å²) in [5.41, 5.74) is 0.546. The Balaban J connectivity index is 1.71. The Morgan fingerprint density at radius 1 is 1.12 bits per heavy atom. The highest BCUT2D eigenvalue weighted by atomic mass is 79.9. The van der Waals surface area contributed by atoms with Gasteiger partial charge < -0.3 is 20.5 Å². The number of hydrogen-bond acceptors (Lipinski definition) is 4. The number of hydrogen-bond donors (Lipinski definition) is 3. The Morgan fingerprint density at radius 3 is 2.48 bits per heavy atom. The number of carbonyl (C=O) groups excluding carboxylic acids is 2. The monoisotopic (exact) mass is 406 g/mol. The summed E-state index contributed by atoms with van der Waals surface area (Å²) in [6, 6.07) is 13.2. The lowest BCUT2D eigenvalue weighted by Crippen LogP contribution is -2.40. The lowest BCUT2D eigenvalue weighted by molar-refractivity contribution is -0.127. The molecule has 0 saturated carbocycles. The van der Waals surface area contributed by atoms with E-state index in [9.17, 15) is 14.7 Å². The van der Waals surface area contributed by atoms with E-state index >= 15 is 0 Å². The molecule has 2 rings (SSSR count). The first kappa shape index (κ1) is 18.8. The van der Waals surface area contributed by atoms with Gasteiger partial charge in [-0.25, -0.2) is 0 Å². The van der Waals surface area contributed by atoms with Crippen LogP contribution >= 0.6 is 15.9 Å². The zero-order chi connectivity index (χ0) is 18.2. The van der Waals surface area contributed by atoms with Gasteiger partial charge in [-0.05, 0) is 49.4 Å². The molecule has 1 atom stereocenters. The Morgan fingerprint density at radius 2 is 1.80 bits per heavy atom. The van der Waals surface area contributed by atoms with Gasteiger partial charge in [-0.15, -0.1) is 0 Å². The molecule has 0 bridgehead atoms. The summed E-state index contributed by atoms with van der Waals surface area (Å²) >= 11 is 3.31. The molecule has 0 aliphatic heterocycles. The molecule has 25 heavy (non-hydrogen) atoms. The molecule has 2 amide bonds. The molecule has 132 valence electrons. The molecule has 0 aliphatic rings. The molecular formula is C18H19BrN2O4. The Hall–Kier alpha value is -2.54. The standard InChI is InChI=1S/C18H19BrN2O4/c1-12(25-16-7-5-15(22)6-8-16)17(23)20-9-10-21-18(24)13-3-2-4-14(19)11-13/h2-8,11-12,22H,9-10H2,1H3,(H,20,23)(H,21,24). The lowest BCUT2D eigenvalue weighted by atomic mass is 10.2. The Bertz CT molecular complexity index is 734. The smallest absolute Gasteiger partial charge is 0.260 e. The van der Waals surface area contributed by atoms with Crippen molar-refractivity contribution in [3.8, 4) is 11.5 Å². The van der Waals surface area contributed by atoms with Gasteiger partial charge in [0, 0.05) is 23.1 Å². The maximum absolute atomic E-state index is 12.0. The van der Waals surface area contributed by atoms with E-state index in [2.05, 4.69) is 26.6 Å². The Kier molecular flexibility index (Phi) is 6.82. The van der Waals surface area contributed by atoms with Crippen LogP contribution in [0.3, 0.4) is 0 Å². The number of amides is 2. The summed E-state index contributed by atoms with van der Waals surface area (Å²) in [6.07, 6.45) is -0.690. The number of phenolic OH excluding ortho intramolecular Hbond substituents is 1. The first-order valence-electron chi connectivity index (χ1n) is 7.73. The van der Waals surface area contributed by atoms with Gasteiger partial charge in [0.25, 0.3) is 11.8 Å². The highest BCUT2D eigenvalue weighted by Gasteiger charge is 2.14. The fraction of sp³-hybridized carbons (Fsp3) is 0.222. The van der Waals surface area contributed by atoms with E-state index in [1.165, 1.54) is 12.1 Å². The van der Waals surface area contributed by atoms with Crippen LogP contribution in [0, 0.1) is 0 Å². The highest BCUT2D eigenvalue weighted by molar-refractivity contribution is 9.10. The van der Waals surface area contributed by atoms with Gasteiger partial charge >= 0.3 is 0 Å². The SMILES string of the molecule is CC(Oc1ccc(O)cc1)C(=O)NCCNC(=O)c1cccc(Br)c1. The second kappa shape index (κ2) is 9.08. The summed E-state index contributed by atoms with van der Waals surface area (Å²) in [4.78, 5) is 23.9. The molecule has 2 aromatic carbocycles. The molecule has 6 nitrogen and oxygen atoms in total. The minimum Gasteiger partial charge on any atom is -0.508 e. The molecule has 1 unspecified atom stereocenters. The van der Waals surface area contributed by atoms with E-state index in [0.717, 1.165) is 4.47 Å². The number of aromatic hydroxyl groups is 1. The highest BCUT2D eigenvalue weighted by Crippen LogP contribution is 2.17. The molecule has 0 radical (unpaired) electrons. The van der Waals surface area contributed by atoms with Crippen LogP contribution in [-0.4, -0.2) is 36.1 Å². The van der Waals surface area contributed by atoms with Crippen LogP contribution in [0.4, 0.5) is 0 Å². The second-order valence-electron chi connectivity index (χ2n) is 5.31. The van der Waals surface area contributed by atoms with Crippen molar-refractivity contribution in [3.05, 3.63) is 58.6 Å². The number of carbonyl (C=O) groups is 2. The normalized spacial score (nSPS) is 11.4. The maximum Gasteiger partial charge on any atom is 0.260 e. The average molecular weight is 407 g/mol. The zero-order valence-corrected chi connectivity index (χ0v) is 15.2. The van der Waals surface area contributed by atoms with Gasteiger partial charge in [-0.3, -0.25) is 9.59 Å². The summed E-state index contributed by atoms with van der Waals surface area (Å²) in [5, 5.41) is 14.6. The molecule has 0 saturated heterocycles. The molecule has 3 N–H and O–H groups in total. The van der Waals surface area contributed by atoms with Crippen LogP contribution in [0.25, 0.3) is 0 Å². The number of rotatable bonds is 7. The third-order valence-electron chi connectivity index (χ3n) is 3.32. The van der Waals surface area contributed by atoms with Gasteiger partial charge in [-0.2, -0.15) is 0 Å². The number of nitrogens with one attached hydrogen (secondary N) is 2. The van der Waals surface area contributed by atoms with Crippen LogP contribution in [0.5, 0.6) is 11.5 Å². The Labute approximate surface area is 154 Å². The largest absolute Gasteiger partial charge is 0.508 e. The number of halogens is 1. The minimum atomic E-state index is -0.690. The van der Waals surface area contributed by atoms with Gasteiger partial charge in [0.1, 0.15) is 11.5 Å². The van der Waals surface area contributed by atoms with Crippen LogP contribution < -0.4 is 15.4 Å². The van der Waals surface area contributed by atoms with Crippen molar-refractivity contribution in [2.24, 2.45) is 0 Å². The van der Waals surface area contributed by atoms with Crippen LogP contribution in [0.1, 0.15) is 17.3 Å². The van der Waals surface area contributed by atoms with Crippen molar-refractivity contribution in [2.45, 2.75) is 13.0 Å². The van der Waals surface area contributed by atoms with Crippen molar-refractivity contribution in [1.29, 1.82) is 0 Å². The topological polar surface area (TPSA) is 87.7 Å². The van der Waals surface area contributed by atoms with E-state index in [0.29, 0.717) is 24.4 Å². The summed E-state index contributed by atoms with van der Waals surface area (Å²) in [7, 11) is 0. The predicted molar refractivity (Wildman–Crippen MR) is 97.7 cm³/mol. The van der Waals surface area contributed by atoms with Crippen LogP contribution in [-0.2, 0) is 4.79 Å². The molecule has 0 aliphatic carbocycles. The molecule has 0 aromatic heterocycles. The fourth-order valence-electron chi connectivity index (χ4n) is 2.02. The van der Waals surface area contributed by atoms with Crippen molar-refractivity contribution in [1.82, 2.24) is 10.6 Å². The average Bonchev–Trinajstić information content (AvgIpc) is 2.60. The zero-order valence-electron chi connectivity index (χ0n) is 13.7. The molecule has 2 aromatic rings.